The zero-order valence-corrected chi connectivity index (χ0v) is 8.06. The molecule has 0 aliphatic heterocycles. The summed E-state index contributed by atoms with van der Waals surface area (Å²) in [5.41, 5.74) is 10.5. The maximum atomic E-state index is 11.9. The van der Waals surface area contributed by atoms with Gasteiger partial charge in [-0.05, 0) is 0 Å². The third-order valence-corrected chi connectivity index (χ3v) is 1.84. The number of alkyl halides is 3. The van der Waals surface area contributed by atoms with Crippen LogP contribution in [0.2, 0.25) is 5.02 Å². The van der Waals surface area contributed by atoms with Crippen LogP contribution in [-0.2, 0) is 6.54 Å². The van der Waals surface area contributed by atoms with Gasteiger partial charge in [-0.2, -0.15) is 0 Å². The van der Waals surface area contributed by atoms with Crippen LogP contribution in [0, 0.1) is 0 Å². The molecule has 4 N–H and O–H groups in total. The molecular weight excluding hydrogens is 235 g/mol. The van der Waals surface area contributed by atoms with Crippen LogP contribution < -0.4 is 16.2 Å². The van der Waals surface area contributed by atoms with Crippen molar-refractivity contribution in [2.75, 3.05) is 5.73 Å². The summed E-state index contributed by atoms with van der Waals surface area (Å²) >= 11 is 5.56. The van der Waals surface area contributed by atoms with E-state index in [1.54, 1.807) is 0 Å². The molecule has 0 spiro atoms. The standard InChI is InChI=1S/C7H7ClF3N3O/c8-6-3(2-12)14-5(13)1-4(6)15-7(9,10)11/h1H,2,12H2,(H2,13,14). The average molecular weight is 242 g/mol. The second-order valence-electron chi connectivity index (χ2n) is 2.56. The van der Waals surface area contributed by atoms with Gasteiger partial charge >= 0.3 is 6.36 Å². The molecule has 1 aromatic rings. The van der Waals surface area contributed by atoms with Gasteiger partial charge in [-0.3, -0.25) is 0 Å². The van der Waals surface area contributed by atoms with Crippen LogP contribution in [0.1, 0.15) is 5.69 Å². The first-order chi connectivity index (χ1) is 6.83. The Balaban J connectivity index is 3.12. The number of hydrogen-bond acceptors (Lipinski definition) is 4. The monoisotopic (exact) mass is 241 g/mol. The molecule has 0 saturated carbocycles. The maximum absolute atomic E-state index is 11.9. The molecule has 0 amide bonds. The highest BCUT2D eigenvalue weighted by Gasteiger charge is 2.32. The van der Waals surface area contributed by atoms with Crippen molar-refractivity contribution in [3.05, 3.63) is 16.8 Å². The second kappa shape index (κ2) is 4.11. The van der Waals surface area contributed by atoms with Crippen LogP contribution in [0.15, 0.2) is 6.07 Å². The van der Waals surface area contributed by atoms with Crippen LogP contribution >= 0.6 is 11.6 Å². The Bertz CT molecular complexity index is 369. The van der Waals surface area contributed by atoms with Crippen molar-refractivity contribution >= 4 is 17.4 Å². The van der Waals surface area contributed by atoms with Gasteiger partial charge in [0.05, 0.1) is 5.69 Å². The first-order valence-corrected chi connectivity index (χ1v) is 4.12. The van der Waals surface area contributed by atoms with E-state index in [2.05, 4.69) is 9.72 Å². The summed E-state index contributed by atoms with van der Waals surface area (Å²) in [5.74, 6) is -0.740. The number of rotatable bonds is 2. The lowest BCUT2D eigenvalue weighted by molar-refractivity contribution is -0.274. The largest absolute Gasteiger partial charge is 0.573 e. The zero-order chi connectivity index (χ0) is 11.6. The van der Waals surface area contributed by atoms with Gasteiger partial charge in [-0.1, -0.05) is 11.6 Å². The normalized spacial score (nSPS) is 11.5. The predicted molar refractivity (Wildman–Crippen MR) is 48.2 cm³/mol. The molecule has 0 aliphatic rings. The van der Waals surface area contributed by atoms with Gasteiger partial charge in [-0.15, -0.1) is 13.2 Å². The molecular formula is C7H7ClF3N3O. The molecule has 84 valence electrons. The first-order valence-electron chi connectivity index (χ1n) is 3.74. The van der Waals surface area contributed by atoms with Gasteiger partial charge in [0.2, 0.25) is 0 Å². The quantitative estimate of drug-likeness (QED) is 0.826. The molecule has 15 heavy (non-hydrogen) atoms. The van der Waals surface area contributed by atoms with Gasteiger partial charge in [0.15, 0.2) is 5.75 Å². The highest BCUT2D eigenvalue weighted by Crippen LogP contribution is 2.32. The van der Waals surface area contributed by atoms with Crippen molar-refractivity contribution in [3.8, 4) is 5.75 Å². The Hall–Kier alpha value is -1.21. The number of anilines is 1. The summed E-state index contributed by atoms with van der Waals surface area (Å²) < 4.78 is 39.4. The molecule has 8 heteroatoms. The van der Waals surface area contributed by atoms with Crippen LogP contribution in [-0.4, -0.2) is 11.3 Å². The van der Waals surface area contributed by atoms with Gasteiger partial charge in [0.1, 0.15) is 10.8 Å². The van der Waals surface area contributed by atoms with E-state index < -0.39 is 12.1 Å². The van der Waals surface area contributed by atoms with E-state index in [9.17, 15) is 13.2 Å². The number of pyridine rings is 1. The van der Waals surface area contributed by atoms with E-state index in [-0.39, 0.29) is 23.1 Å². The second-order valence-corrected chi connectivity index (χ2v) is 2.94. The molecule has 0 saturated heterocycles. The van der Waals surface area contributed by atoms with Crippen LogP contribution in [0.25, 0.3) is 0 Å². The first kappa shape index (κ1) is 11.9. The molecule has 0 aromatic carbocycles. The fraction of sp³-hybridized carbons (Fsp3) is 0.286. The average Bonchev–Trinajstić information content (AvgIpc) is 2.08. The number of ether oxygens (including phenoxy) is 1. The third kappa shape index (κ3) is 3.14. The summed E-state index contributed by atoms with van der Waals surface area (Å²) in [6, 6.07) is 0.884. The topological polar surface area (TPSA) is 74.2 Å². The fourth-order valence-corrected chi connectivity index (χ4v) is 1.12. The molecule has 0 aliphatic carbocycles. The molecule has 0 bridgehead atoms. The number of aromatic nitrogens is 1. The highest BCUT2D eigenvalue weighted by atomic mass is 35.5. The van der Waals surface area contributed by atoms with Crippen molar-refractivity contribution in [2.24, 2.45) is 5.73 Å². The minimum atomic E-state index is -4.83. The Morgan fingerprint density at radius 1 is 1.47 bits per heavy atom. The molecule has 1 aromatic heterocycles. The Kier molecular flexibility index (Phi) is 3.25. The minimum absolute atomic E-state index is 0.0518. The number of nitrogen functional groups attached to an aromatic ring is 1. The molecule has 4 nitrogen and oxygen atoms in total. The number of hydrogen-bond donors (Lipinski definition) is 2. The van der Waals surface area contributed by atoms with E-state index in [0.29, 0.717) is 0 Å². The SMILES string of the molecule is NCc1nc(N)cc(OC(F)(F)F)c1Cl. The van der Waals surface area contributed by atoms with Gasteiger partial charge in [0.25, 0.3) is 0 Å². The Morgan fingerprint density at radius 3 is 2.53 bits per heavy atom. The number of halogens is 4. The predicted octanol–water partition coefficient (Wildman–Crippen LogP) is 1.67. The van der Waals surface area contributed by atoms with E-state index in [0.717, 1.165) is 6.07 Å². The molecule has 0 unspecified atom stereocenters. The van der Waals surface area contributed by atoms with Crippen molar-refractivity contribution in [1.29, 1.82) is 0 Å². The molecule has 0 radical (unpaired) electrons. The lowest BCUT2D eigenvalue weighted by Crippen LogP contribution is -2.18. The smallest absolute Gasteiger partial charge is 0.404 e. The summed E-state index contributed by atoms with van der Waals surface area (Å²) in [4.78, 5) is 3.66. The van der Waals surface area contributed by atoms with Gasteiger partial charge in [0, 0.05) is 12.6 Å². The highest BCUT2D eigenvalue weighted by molar-refractivity contribution is 6.32. The van der Waals surface area contributed by atoms with E-state index >= 15 is 0 Å². The molecule has 0 fully saturated rings. The minimum Gasteiger partial charge on any atom is -0.404 e. The number of nitrogens with two attached hydrogens (primary N) is 2. The van der Waals surface area contributed by atoms with Crippen molar-refractivity contribution in [2.45, 2.75) is 12.9 Å². The van der Waals surface area contributed by atoms with Crippen LogP contribution in [0.3, 0.4) is 0 Å². The van der Waals surface area contributed by atoms with E-state index in [4.69, 9.17) is 23.1 Å². The van der Waals surface area contributed by atoms with Gasteiger partial charge < -0.3 is 16.2 Å². The lowest BCUT2D eigenvalue weighted by Gasteiger charge is -2.12. The van der Waals surface area contributed by atoms with E-state index in [1.165, 1.54) is 0 Å². The van der Waals surface area contributed by atoms with Crippen molar-refractivity contribution < 1.29 is 17.9 Å². The van der Waals surface area contributed by atoms with Crippen LogP contribution in [0.5, 0.6) is 5.75 Å². The maximum Gasteiger partial charge on any atom is 0.573 e. The van der Waals surface area contributed by atoms with E-state index in [1.807, 2.05) is 0 Å². The fourth-order valence-electron chi connectivity index (χ4n) is 0.911. The summed E-state index contributed by atoms with van der Waals surface area (Å²) in [6.07, 6.45) is -4.83. The van der Waals surface area contributed by atoms with Gasteiger partial charge in [-0.25, -0.2) is 4.98 Å². The van der Waals surface area contributed by atoms with Crippen LogP contribution in [0.4, 0.5) is 19.0 Å². The number of nitrogens with zero attached hydrogens (tertiary/aromatic N) is 1. The molecule has 1 heterocycles. The van der Waals surface area contributed by atoms with Crippen molar-refractivity contribution in [3.63, 3.8) is 0 Å². The Labute approximate surface area is 88.0 Å². The summed E-state index contributed by atoms with van der Waals surface area (Å²) in [7, 11) is 0. The molecule has 1 rings (SSSR count). The lowest BCUT2D eigenvalue weighted by atomic mass is 10.3. The van der Waals surface area contributed by atoms with Crippen molar-refractivity contribution in [1.82, 2.24) is 4.98 Å². The molecule has 0 atom stereocenters. The summed E-state index contributed by atoms with van der Waals surface area (Å²) in [6.45, 7) is -0.127. The Morgan fingerprint density at radius 2 is 2.07 bits per heavy atom. The third-order valence-electron chi connectivity index (χ3n) is 1.43. The zero-order valence-electron chi connectivity index (χ0n) is 7.31. The summed E-state index contributed by atoms with van der Waals surface area (Å²) in [5, 5.41) is -0.288.